The van der Waals surface area contributed by atoms with Gasteiger partial charge in [0, 0.05) is 50.2 Å². The van der Waals surface area contributed by atoms with E-state index in [4.69, 9.17) is 33.5 Å². The summed E-state index contributed by atoms with van der Waals surface area (Å²) in [5.41, 5.74) is 1.77. The number of nitrogens with zero attached hydrogens (tertiary/aromatic N) is 5. The molecule has 5 rings (SSSR count). The normalized spacial score (nSPS) is 17.6. The lowest BCUT2D eigenvalue weighted by Gasteiger charge is -2.37. The first-order valence-electron chi connectivity index (χ1n) is 11.5. The molecule has 0 radical (unpaired) electrons. The highest BCUT2D eigenvalue weighted by Gasteiger charge is 2.33. The Balaban J connectivity index is 1.49. The molecule has 0 unspecified atom stereocenters. The van der Waals surface area contributed by atoms with Gasteiger partial charge in [-0.1, -0.05) is 47.7 Å². The summed E-state index contributed by atoms with van der Waals surface area (Å²) >= 11 is 12.8. The maximum absolute atomic E-state index is 13.6. The topological polar surface area (TPSA) is 70.4 Å². The molecule has 0 saturated carbocycles. The molecule has 2 saturated heterocycles. The van der Waals surface area contributed by atoms with E-state index in [-0.39, 0.29) is 11.5 Å². The van der Waals surface area contributed by atoms with Crippen molar-refractivity contribution in [2.75, 3.05) is 56.2 Å². The number of hydrogen-bond donors (Lipinski definition) is 0. The third-order valence-electron chi connectivity index (χ3n) is 6.17. The molecule has 2 fully saturated rings. The first kappa shape index (κ1) is 24.8. The zero-order valence-corrected chi connectivity index (χ0v) is 22.0. The Morgan fingerprint density at radius 3 is 2.64 bits per heavy atom. The Hall–Kier alpha value is -2.92. The van der Waals surface area contributed by atoms with Gasteiger partial charge in [0.1, 0.15) is 15.8 Å². The average molecular weight is 542 g/mol. The van der Waals surface area contributed by atoms with Crippen LogP contribution in [0.3, 0.4) is 0 Å². The van der Waals surface area contributed by atoms with E-state index in [1.54, 1.807) is 31.5 Å². The van der Waals surface area contributed by atoms with Gasteiger partial charge in [-0.15, -0.1) is 0 Å². The van der Waals surface area contributed by atoms with Crippen LogP contribution >= 0.6 is 35.6 Å². The van der Waals surface area contributed by atoms with E-state index >= 15 is 0 Å². The van der Waals surface area contributed by atoms with E-state index in [2.05, 4.69) is 9.80 Å². The zero-order chi connectivity index (χ0) is 25.2. The number of carbonyl (C=O) groups is 1. The van der Waals surface area contributed by atoms with Crippen LogP contribution in [-0.4, -0.2) is 71.0 Å². The molecule has 1 amide bonds. The molecule has 36 heavy (non-hydrogen) atoms. The lowest BCUT2D eigenvalue weighted by molar-refractivity contribution is -0.122. The molecule has 8 nitrogen and oxygen atoms in total. The minimum atomic E-state index is -0.227. The van der Waals surface area contributed by atoms with E-state index in [9.17, 15) is 9.59 Å². The van der Waals surface area contributed by atoms with E-state index < -0.39 is 0 Å². The molecule has 3 aromatic rings. The number of thioether (sulfide) groups is 1. The summed E-state index contributed by atoms with van der Waals surface area (Å²) in [4.78, 5) is 37.8. The number of carbonyl (C=O) groups excluding carboxylic acids is 1. The molecule has 0 aliphatic carbocycles. The van der Waals surface area contributed by atoms with E-state index in [0.29, 0.717) is 57.5 Å². The van der Waals surface area contributed by atoms with Crippen molar-refractivity contribution >= 4 is 69.0 Å². The fourth-order valence-electron chi connectivity index (χ4n) is 4.31. The van der Waals surface area contributed by atoms with Crippen LogP contribution in [0.2, 0.25) is 5.02 Å². The van der Waals surface area contributed by atoms with Gasteiger partial charge in [-0.3, -0.25) is 18.9 Å². The van der Waals surface area contributed by atoms with Crippen LogP contribution in [0.4, 0.5) is 11.5 Å². The van der Waals surface area contributed by atoms with Gasteiger partial charge < -0.3 is 14.5 Å². The summed E-state index contributed by atoms with van der Waals surface area (Å²) in [5, 5.41) is 0.698. The number of halogens is 1. The third kappa shape index (κ3) is 4.86. The van der Waals surface area contributed by atoms with Crippen LogP contribution in [0, 0.1) is 0 Å². The molecule has 2 aliphatic rings. The zero-order valence-electron chi connectivity index (χ0n) is 19.6. The average Bonchev–Trinajstić information content (AvgIpc) is 3.16. The SMILES string of the molecule is COCCN1C(=O)C(=Cc2c(N3CCN(c4cccc(Cl)c4)CC3)nc3ccccn3c2=O)SC1=S. The van der Waals surface area contributed by atoms with Crippen LogP contribution < -0.4 is 15.4 Å². The molecule has 0 spiro atoms. The molecule has 0 N–H and O–H groups in total. The second kappa shape index (κ2) is 10.6. The van der Waals surface area contributed by atoms with E-state index in [1.165, 1.54) is 21.1 Å². The molecule has 1 aromatic carbocycles. The summed E-state index contributed by atoms with van der Waals surface area (Å²) < 4.78 is 7.06. The Kier molecular flexibility index (Phi) is 7.29. The summed E-state index contributed by atoms with van der Waals surface area (Å²) in [7, 11) is 1.58. The number of methoxy groups -OCH3 is 1. The van der Waals surface area contributed by atoms with Gasteiger partial charge >= 0.3 is 0 Å². The van der Waals surface area contributed by atoms with Crippen LogP contribution in [0.5, 0.6) is 0 Å². The number of anilines is 2. The first-order valence-corrected chi connectivity index (χ1v) is 13.1. The minimum Gasteiger partial charge on any atom is -0.383 e. The molecule has 11 heteroatoms. The fraction of sp³-hybridized carbons (Fsp3) is 0.280. The van der Waals surface area contributed by atoms with Crippen molar-refractivity contribution in [2.24, 2.45) is 0 Å². The number of piperazine rings is 1. The summed E-state index contributed by atoms with van der Waals surface area (Å²) in [6, 6.07) is 13.2. The number of pyridine rings is 1. The van der Waals surface area contributed by atoms with Gasteiger partial charge in [0.2, 0.25) is 0 Å². The van der Waals surface area contributed by atoms with Crippen molar-refractivity contribution in [3.63, 3.8) is 0 Å². The molecule has 0 atom stereocenters. The van der Waals surface area contributed by atoms with Crippen molar-refractivity contribution in [3.05, 3.63) is 74.5 Å². The molecule has 4 heterocycles. The first-order chi connectivity index (χ1) is 17.5. The van der Waals surface area contributed by atoms with E-state index in [1.807, 2.05) is 30.3 Å². The van der Waals surface area contributed by atoms with Crippen molar-refractivity contribution < 1.29 is 9.53 Å². The maximum atomic E-state index is 13.6. The predicted molar refractivity (Wildman–Crippen MR) is 149 cm³/mol. The highest BCUT2D eigenvalue weighted by atomic mass is 35.5. The fourth-order valence-corrected chi connectivity index (χ4v) is 5.79. The molecular weight excluding hydrogens is 518 g/mol. The monoisotopic (exact) mass is 541 g/mol. The van der Waals surface area contributed by atoms with Crippen molar-refractivity contribution in [3.8, 4) is 0 Å². The van der Waals surface area contributed by atoms with Crippen molar-refractivity contribution in [1.29, 1.82) is 0 Å². The molecule has 186 valence electrons. The third-order valence-corrected chi connectivity index (χ3v) is 7.78. The van der Waals surface area contributed by atoms with Gasteiger partial charge in [-0.05, 0) is 36.4 Å². The molecule has 2 aromatic heterocycles. The highest BCUT2D eigenvalue weighted by molar-refractivity contribution is 8.26. The van der Waals surface area contributed by atoms with Gasteiger partial charge in [0.15, 0.2) is 0 Å². The lowest BCUT2D eigenvalue weighted by Crippen LogP contribution is -2.47. The summed E-state index contributed by atoms with van der Waals surface area (Å²) in [5.74, 6) is 0.343. The van der Waals surface area contributed by atoms with Gasteiger partial charge in [-0.2, -0.15) is 0 Å². The maximum Gasteiger partial charge on any atom is 0.267 e. The summed E-state index contributed by atoms with van der Waals surface area (Å²) in [6.07, 6.45) is 3.33. The second-order valence-corrected chi connectivity index (χ2v) is 10.5. The van der Waals surface area contributed by atoms with Gasteiger partial charge in [0.25, 0.3) is 11.5 Å². The number of hydrogen-bond acceptors (Lipinski definition) is 8. The van der Waals surface area contributed by atoms with Crippen LogP contribution in [0.1, 0.15) is 5.56 Å². The molecular formula is C25H24ClN5O3S2. The Morgan fingerprint density at radius 1 is 1.11 bits per heavy atom. The second-order valence-electron chi connectivity index (χ2n) is 8.36. The number of rotatable bonds is 6. The van der Waals surface area contributed by atoms with Crippen molar-refractivity contribution in [1.82, 2.24) is 14.3 Å². The Bertz CT molecular complexity index is 1420. The van der Waals surface area contributed by atoms with Crippen molar-refractivity contribution in [2.45, 2.75) is 0 Å². The number of amides is 1. The largest absolute Gasteiger partial charge is 0.383 e. The standard InChI is InChI=1S/C25H24ClN5O3S2/c1-34-14-13-31-24(33)20(36-25(31)35)16-19-22(27-21-7-2-3-8-30(21)23(19)32)29-11-9-28(10-12-29)18-6-4-5-17(26)15-18/h2-8,15-16H,9-14H2,1H3. The highest BCUT2D eigenvalue weighted by Crippen LogP contribution is 2.33. The van der Waals surface area contributed by atoms with E-state index in [0.717, 1.165) is 18.8 Å². The minimum absolute atomic E-state index is 0.226. The van der Waals surface area contributed by atoms with Crippen LogP contribution in [0.15, 0.2) is 58.4 Å². The smallest absolute Gasteiger partial charge is 0.267 e. The Morgan fingerprint density at radius 2 is 1.89 bits per heavy atom. The van der Waals surface area contributed by atoms with Gasteiger partial charge in [0.05, 0.1) is 23.6 Å². The molecule has 0 bridgehead atoms. The predicted octanol–water partition coefficient (Wildman–Crippen LogP) is 3.52. The lowest BCUT2D eigenvalue weighted by atomic mass is 10.2. The number of aromatic nitrogens is 2. The number of ether oxygens (including phenoxy) is 1. The quantitative estimate of drug-likeness (QED) is 0.347. The van der Waals surface area contributed by atoms with Gasteiger partial charge in [-0.25, -0.2) is 4.98 Å². The number of thiocarbonyl (C=S) groups is 1. The number of fused-ring (bicyclic) bond motifs is 1. The summed E-state index contributed by atoms with van der Waals surface area (Å²) in [6.45, 7) is 3.56. The van der Waals surface area contributed by atoms with Crippen LogP contribution in [-0.2, 0) is 9.53 Å². The Labute approximate surface area is 223 Å². The van der Waals surface area contributed by atoms with Crippen LogP contribution in [0.25, 0.3) is 11.7 Å². The number of benzene rings is 1. The molecule has 2 aliphatic heterocycles.